The third-order valence-corrected chi connectivity index (χ3v) is 13.6. The zero-order chi connectivity index (χ0) is 31.8. The molecule has 3 heterocycles. The van der Waals surface area contributed by atoms with Crippen LogP contribution in [0, 0.1) is 6.92 Å². The lowest BCUT2D eigenvalue weighted by molar-refractivity contribution is 0.0525. The molecular formula is C36H41N5O3Si. The fraction of sp³-hybridized carbons (Fsp3) is 0.306. The molecule has 0 amide bonds. The topological polar surface area (TPSA) is 86.4 Å². The van der Waals surface area contributed by atoms with Crippen molar-refractivity contribution in [1.82, 2.24) is 23.9 Å². The van der Waals surface area contributed by atoms with Crippen LogP contribution in [-0.4, -0.2) is 45.5 Å². The number of nitrogens with zero attached hydrogens (tertiary/aromatic N) is 4. The molecule has 3 aromatic carbocycles. The van der Waals surface area contributed by atoms with Gasteiger partial charge in [0, 0.05) is 17.2 Å². The van der Waals surface area contributed by atoms with Gasteiger partial charge >= 0.3 is 0 Å². The highest BCUT2D eigenvalue weighted by Gasteiger charge is 2.36. The van der Waals surface area contributed by atoms with Crippen molar-refractivity contribution >= 4 is 25.3 Å². The van der Waals surface area contributed by atoms with Crippen LogP contribution < -0.4 is 5.56 Å². The van der Waals surface area contributed by atoms with E-state index in [1.807, 2.05) is 19.1 Å². The summed E-state index contributed by atoms with van der Waals surface area (Å²) < 4.78 is 15.5. The molecular weight excluding hydrogens is 579 g/mol. The van der Waals surface area contributed by atoms with E-state index in [9.17, 15) is 4.79 Å². The summed E-state index contributed by atoms with van der Waals surface area (Å²) in [5.41, 5.74) is 6.76. The number of H-pyrrole nitrogens is 1. The maximum Gasteiger partial charge on any atom is 0.287 e. The van der Waals surface area contributed by atoms with Crippen molar-refractivity contribution in [2.45, 2.75) is 58.5 Å². The van der Waals surface area contributed by atoms with Gasteiger partial charge in [0.15, 0.2) is 19.5 Å². The number of benzene rings is 3. The number of aryl methyl sites for hydroxylation is 1. The van der Waals surface area contributed by atoms with Crippen LogP contribution >= 0.6 is 0 Å². The Morgan fingerprint density at radius 2 is 1.47 bits per heavy atom. The second-order valence-corrected chi connectivity index (χ2v) is 17.9. The molecule has 0 radical (unpaired) electrons. The van der Waals surface area contributed by atoms with Crippen LogP contribution in [0.1, 0.15) is 49.1 Å². The Morgan fingerprint density at radius 3 is 2.07 bits per heavy atom. The molecule has 0 spiro atoms. The molecule has 0 aliphatic carbocycles. The maximum atomic E-state index is 13.8. The summed E-state index contributed by atoms with van der Waals surface area (Å²) >= 11 is 0. The lowest BCUT2D eigenvalue weighted by Crippen LogP contribution is -2.41. The SMILES string of the molecule is Cc1[nH]c2nc3c(ncn3COCCO[Si](C)(C)C(C)(C)C)c(=O)n2c1-c1ccc(C(c2ccccc2)c2ccccc2)cc1. The third-order valence-electron chi connectivity index (χ3n) is 9.03. The number of aromatic amines is 1. The number of ether oxygens (including phenoxy) is 1. The highest BCUT2D eigenvalue weighted by Crippen LogP contribution is 2.36. The van der Waals surface area contributed by atoms with Crippen LogP contribution in [0.2, 0.25) is 18.1 Å². The second kappa shape index (κ2) is 12.2. The van der Waals surface area contributed by atoms with E-state index in [-0.39, 0.29) is 23.2 Å². The molecule has 1 N–H and O–H groups in total. The van der Waals surface area contributed by atoms with Crippen molar-refractivity contribution in [3.05, 3.63) is 124 Å². The molecule has 0 saturated carbocycles. The summed E-state index contributed by atoms with van der Waals surface area (Å²) in [6.45, 7) is 14.3. The van der Waals surface area contributed by atoms with E-state index in [4.69, 9.17) is 14.1 Å². The molecule has 45 heavy (non-hydrogen) atoms. The first-order chi connectivity index (χ1) is 21.5. The molecule has 0 atom stereocenters. The Balaban J connectivity index is 1.26. The van der Waals surface area contributed by atoms with Gasteiger partial charge in [0.2, 0.25) is 5.78 Å². The molecule has 3 aromatic heterocycles. The molecule has 0 unspecified atom stereocenters. The van der Waals surface area contributed by atoms with Gasteiger partial charge in [0.05, 0.1) is 25.2 Å². The minimum Gasteiger partial charge on any atom is -0.414 e. The largest absolute Gasteiger partial charge is 0.414 e. The van der Waals surface area contributed by atoms with E-state index in [1.165, 1.54) is 16.7 Å². The van der Waals surface area contributed by atoms with Gasteiger partial charge in [-0.1, -0.05) is 106 Å². The van der Waals surface area contributed by atoms with Crippen LogP contribution in [0.3, 0.4) is 0 Å². The molecule has 0 bridgehead atoms. The van der Waals surface area contributed by atoms with Crippen LogP contribution in [0.4, 0.5) is 0 Å². The summed E-state index contributed by atoms with van der Waals surface area (Å²) in [5.74, 6) is 0.567. The van der Waals surface area contributed by atoms with Gasteiger partial charge in [-0.25, -0.2) is 9.38 Å². The van der Waals surface area contributed by atoms with Crippen molar-refractivity contribution < 1.29 is 9.16 Å². The summed E-state index contributed by atoms with van der Waals surface area (Å²) in [6, 6.07) is 29.5. The molecule has 0 aliphatic rings. The summed E-state index contributed by atoms with van der Waals surface area (Å²) in [6.07, 6.45) is 1.61. The van der Waals surface area contributed by atoms with E-state index >= 15 is 0 Å². The molecule has 8 nitrogen and oxygen atoms in total. The minimum atomic E-state index is -1.83. The second-order valence-electron chi connectivity index (χ2n) is 13.1. The van der Waals surface area contributed by atoms with E-state index < -0.39 is 8.32 Å². The predicted octanol–water partition coefficient (Wildman–Crippen LogP) is 7.52. The number of imidazole rings is 2. The number of hydrogen-bond acceptors (Lipinski definition) is 5. The zero-order valence-corrected chi connectivity index (χ0v) is 27.9. The molecule has 6 aromatic rings. The molecule has 0 aliphatic heterocycles. The molecule has 6 rings (SSSR count). The normalized spacial score (nSPS) is 12.5. The molecule has 9 heteroatoms. The van der Waals surface area contributed by atoms with Crippen LogP contribution in [-0.2, 0) is 15.9 Å². The molecule has 232 valence electrons. The van der Waals surface area contributed by atoms with Gasteiger partial charge in [0.1, 0.15) is 6.73 Å². The van der Waals surface area contributed by atoms with Gasteiger partial charge < -0.3 is 14.1 Å². The Kier molecular flexibility index (Phi) is 8.34. The minimum absolute atomic E-state index is 0.0966. The van der Waals surface area contributed by atoms with Gasteiger partial charge in [0.25, 0.3) is 5.56 Å². The van der Waals surface area contributed by atoms with Gasteiger partial charge in [-0.05, 0) is 41.7 Å². The van der Waals surface area contributed by atoms with E-state index in [1.54, 1.807) is 15.3 Å². The number of rotatable bonds is 10. The highest BCUT2D eigenvalue weighted by molar-refractivity contribution is 6.74. The lowest BCUT2D eigenvalue weighted by Gasteiger charge is -2.36. The van der Waals surface area contributed by atoms with Crippen LogP contribution in [0.15, 0.2) is 96.1 Å². The average molecular weight is 620 g/mol. The quantitative estimate of drug-likeness (QED) is 0.0974. The first-order valence-corrected chi connectivity index (χ1v) is 18.3. The summed E-state index contributed by atoms with van der Waals surface area (Å²) in [7, 11) is -1.83. The maximum absolute atomic E-state index is 13.8. The number of aromatic nitrogens is 5. The van der Waals surface area contributed by atoms with Gasteiger partial charge in [-0.3, -0.25) is 9.36 Å². The fourth-order valence-corrected chi connectivity index (χ4v) is 6.59. The Labute approximate surface area is 264 Å². The Hall–Kier alpha value is -4.31. The number of nitrogens with one attached hydrogen (secondary N) is 1. The predicted molar refractivity (Wildman–Crippen MR) is 182 cm³/mol. The van der Waals surface area contributed by atoms with Crippen molar-refractivity contribution in [2.75, 3.05) is 13.2 Å². The zero-order valence-electron chi connectivity index (χ0n) is 26.9. The number of fused-ring (bicyclic) bond motifs is 2. The van der Waals surface area contributed by atoms with Gasteiger partial charge in [-0.15, -0.1) is 0 Å². The monoisotopic (exact) mass is 619 g/mol. The first kappa shape index (κ1) is 30.7. The van der Waals surface area contributed by atoms with Crippen LogP contribution in [0.5, 0.6) is 0 Å². The molecule has 0 fully saturated rings. The molecule has 0 saturated heterocycles. The van der Waals surface area contributed by atoms with E-state index in [0.29, 0.717) is 30.2 Å². The first-order valence-electron chi connectivity index (χ1n) is 15.4. The van der Waals surface area contributed by atoms with Crippen molar-refractivity contribution in [2.24, 2.45) is 0 Å². The van der Waals surface area contributed by atoms with Crippen molar-refractivity contribution in [3.63, 3.8) is 0 Å². The smallest absolute Gasteiger partial charge is 0.287 e. The van der Waals surface area contributed by atoms with Gasteiger partial charge in [-0.2, -0.15) is 4.98 Å². The lowest BCUT2D eigenvalue weighted by atomic mass is 9.85. The van der Waals surface area contributed by atoms with Crippen molar-refractivity contribution in [3.8, 4) is 11.3 Å². The fourth-order valence-electron chi connectivity index (χ4n) is 5.56. The Bertz CT molecular complexity index is 1930. The highest BCUT2D eigenvalue weighted by atomic mass is 28.4. The summed E-state index contributed by atoms with van der Waals surface area (Å²) in [5, 5.41) is 0.146. The summed E-state index contributed by atoms with van der Waals surface area (Å²) in [4.78, 5) is 26.4. The van der Waals surface area contributed by atoms with Crippen molar-refractivity contribution in [1.29, 1.82) is 0 Å². The van der Waals surface area contributed by atoms with E-state index in [2.05, 4.69) is 117 Å². The Morgan fingerprint density at radius 1 is 0.867 bits per heavy atom. The average Bonchev–Trinajstić information content (AvgIpc) is 3.58. The van der Waals surface area contributed by atoms with Crippen LogP contribution in [0.25, 0.3) is 28.2 Å². The third kappa shape index (κ3) is 6.03. The standard InChI is InChI=1S/C36H41N5O3Si/c1-25-32(29-19-17-28(18-20-29)30(26-13-9-7-10-14-26)27-15-11-8-12-16-27)41-34(42)31-33(39-35(41)38-25)40(23-37-31)24-43-21-22-44-45(5,6)36(2,3)4/h7-20,23,30H,21-22,24H2,1-6H3,(H,38,39). The number of hydrogen-bond donors (Lipinski definition) is 1. The van der Waals surface area contributed by atoms with E-state index in [0.717, 1.165) is 17.0 Å².